The number of aliphatic hydroxyl groups is 1. The van der Waals surface area contributed by atoms with Crippen molar-refractivity contribution in [3.63, 3.8) is 0 Å². The number of nitrogens with zero attached hydrogens (tertiary/aromatic N) is 2. The lowest BCUT2D eigenvalue weighted by molar-refractivity contribution is -0.132. The molecule has 36 heavy (non-hydrogen) atoms. The van der Waals surface area contributed by atoms with Crippen LogP contribution < -0.4 is 10.0 Å². The second-order valence-electron chi connectivity index (χ2n) is 9.05. The number of amidine groups is 1. The molecule has 2 atom stereocenters. The lowest BCUT2D eigenvalue weighted by Crippen LogP contribution is -2.49. The Morgan fingerprint density at radius 1 is 1.19 bits per heavy atom. The van der Waals surface area contributed by atoms with Crippen LogP contribution in [0.2, 0.25) is 0 Å². The zero-order valence-electron chi connectivity index (χ0n) is 19.1. The van der Waals surface area contributed by atoms with Crippen molar-refractivity contribution in [3.05, 3.63) is 65.2 Å². The van der Waals surface area contributed by atoms with Crippen molar-refractivity contribution in [2.24, 2.45) is 10.3 Å². The summed E-state index contributed by atoms with van der Waals surface area (Å²) in [4.78, 5) is 14.9. The molecule has 190 valence electrons. The van der Waals surface area contributed by atoms with Crippen molar-refractivity contribution in [1.82, 2.24) is 4.90 Å². The highest BCUT2D eigenvalue weighted by atomic mass is 32.2. The first-order chi connectivity index (χ1) is 16.9. The number of anilines is 2. The molecule has 2 aromatic rings. The van der Waals surface area contributed by atoms with Crippen molar-refractivity contribution in [1.29, 1.82) is 0 Å². The number of hydrogen-bond donors (Lipinski definition) is 3. The highest BCUT2D eigenvalue weighted by molar-refractivity contribution is 7.92. The monoisotopic (exact) mass is 534 g/mol. The van der Waals surface area contributed by atoms with E-state index in [1.165, 1.54) is 24.3 Å². The fraction of sp³-hybridized carbons (Fsp3) is 0.304. The maximum Gasteiger partial charge on any atom is 0.286 e. The van der Waals surface area contributed by atoms with Gasteiger partial charge in [0.15, 0.2) is 5.84 Å². The third-order valence-electron chi connectivity index (χ3n) is 6.49. The summed E-state index contributed by atoms with van der Waals surface area (Å²) in [6.07, 6.45) is 3.00. The lowest BCUT2D eigenvalue weighted by atomic mass is 9.89. The van der Waals surface area contributed by atoms with Gasteiger partial charge in [0.25, 0.3) is 15.9 Å². The van der Waals surface area contributed by atoms with Gasteiger partial charge in [0.05, 0.1) is 11.9 Å². The largest absolute Gasteiger partial charge is 0.511 e. The van der Waals surface area contributed by atoms with Crippen LogP contribution >= 0.6 is 0 Å². The molecule has 0 aromatic heterocycles. The summed E-state index contributed by atoms with van der Waals surface area (Å²) in [7, 11) is -7.97. The number of benzene rings is 2. The highest BCUT2D eigenvalue weighted by Crippen LogP contribution is 2.42. The molecule has 5 rings (SSSR count). The molecular weight excluding hydrogens is 511 g/mol. The number of hydrogen-bond acceptors (Lipinski definition) is 7. The minimum Gasteiger partial charge on any atom is -0.511 e. The van der Waals surface area contributed by atoms with E-state index in [2.05, 4.69) is 14.4 Å². The molecule has 1 unspecified atom stereocenters. The smallest absolute Gasteiger partial charge is 0.286 e. The number of carbonyl (C=O) groups is 1. The van der Waals surface area contributed by atoms with E-state index in [0.29, 0.717) is 18.4 Å². The van der Waals surface area contributed by atoms with Gasteiger partial charge in [-0.1, -0.05) is 18.6 Å². The van der Waals surface area contributed by atoms with E-state index in [4.69, 9.17) is 0 Å². The Morgan fingerprint density at radius 2 is 1.92 bits per heavy atom. The first-order valence-electron chi connectivity index (χ1n) is 11.2. The van der Waals surface area contributed by atoms with Crippen LogP contribution in [0.1, 0.15) is 24.8 Å². The maximum atomic E-state index is 13.6. The first kappa shape index (κ1) is 24.3. The van der Waals surface area contributed by atoms with E-state index < -0.39 is 31.8 Å². The summed E-state index contributed by atoms with van der Waals surface area (Å²) < 4.78 is 68.5. The molecule has 1 aliphatic carbocycles. The quantitative estimate of drug-likeness (QED) is 0.535. The van der Waals surface area contributed by atoms with Crippen LogP contribution in [0.4, 0.5) is 15.8 Å². The van der Waals surface area contributed by atoms with Crippen LogP contribution in [0.5, 0.6) is 0 Å². The molecule has 0 bridgehead atoms. The van der Waals surface area contributed by atoms with Gasteiger partial charge in [-0.3, -0.25) is 9.52 Å². The topological polar surface area (TPSA) is 145 Å². The molecule has 2 aromatic carbocycles. The Bertz CT molecular complexity index is 1530. The van der Waals surface area contributed by atoms with Crippen molar-refractivity contribution in [3.8, 4) is 0 Å². The number of amides is 1. The van der Waals surface area contributed by atoms with Gasteiger partial charge in [-0.25, -0.2) is 12.8 Å². The van der Waals surface area contributed by atoms with Gasteiger partial charge in [0, 0.05) is 24.2 Å². The third-order valence-corrected chi connectivity index (χ3v) is 8.42. The number of carbonyl (C=O) groups excluding carboxylic acids is 1. The lowest BCUT2D eigenvalue weighted by Gasteiger charge is -2.39. The molecule has 3 N–H and O–H groups in total. The van der Waals surface area contributed by atoms with E-state index in [0.717, 1.165) is 18.7 Å². The SMILES string of the molecule is CS(=O)(=O)Nc1ccc2c(c1)S(=O)(=O)N=C(C1=C(O)[C@@H]3CCCC3N(Cc3ccc(F)cc3)C1=O)N2. The number of aliphatic hydroxyl groups excluding tert-OH is 1. The van der Waals surface area contributed by atoms with Crippen LogP contribution in [-0.2, 0) is 31.4 Å². The second-order valence-corrected chi connectivity index (χ2v) is 12.4. The summed E-state index contributed by atoms with van der Waals surface area (Å²) in [5.74, 6) is -1.88. The molecule has 1 amide bonds. The minimum absolute atomic E-state index is 0.0374. The van der Waals surface area contributed by atoms with Crippen LogP contribution in [0, 0.1) is 11.7 Å². The fourth-order valence-electron chi connectivity index (χ4n) is 4.96. The van der Waals surface area contributed by atoms with Crippen LogP contribution in [0.25, 0.3) is 0 Å². The average Bonchev–Trinajstić information content (AvgIpc) is 3.27. The van der Waals surface area contributed by atoms with Gasteiger partial charge >= 0.3 is 0 Å². The highest BCUT2D eigenvalue weighted by Gasteiger charge is 2.46. The number of rotatable bonds is 5. The molecule has 2 aliphatic heterocycles. The second kappa shape index (κ2) is 8.59. The summed E-state index contributed by atoms with van der Waals surface area (Å²) in [5.41, 5.74) is 0.590. The van der Waals surface area contributed by atoms with Gasteiger partial charge in [0.1, 0.15) is 22.0 Å². The Hall–Kier alpha value is -3.45. The summed E-state index contributed by atoms with van der Waals surface area (Å²) in [6.45, 7) is 0.161. The summed E-state index contributed by atoms with van der Waals surface area (Å²) >= 11 is 0. The van der Waals surface area contributed by atoms with Crippen LogP contribution in [-0.4, -0.2) is 50.9 Å². The molecular formula is C23H23FN4O6S2. The average molecular weight is 535 g/mol. The Balaban J connectivity index is 1.53. The van der Waals surface area contributed by atoms with Gasteiger partial charge in [-0.15, -0.1) is 4.40 Å². The predicted octanol–water partition coefficient (Wildman–Crippen LogP) is 2.73. The van der Waals surface area contributed by atoms with Crippen LogP contribution in [0.15, 0.2) is 63.1 Å². The third kappa shape index (κ3) is 4.44. The van der Waals surface area contributed by atoms with Crippen molar-refractivity contribution < 1.29 is 31.1 Å². The zero-order valence-corrected chi connectivity index (χ0v) is 20.7. The normalized spacial score (nSPS) is 23.0. The Morgan fingerprint density at radius 3 is 2.61 bits per heavy atom. The molecule has 2 heterocycles. The molecule has 3 aliphatic rings. The van der Waals surface area contributed by atoms with Gasteiger partial charge < -0.3 is 15.3 Å². The number of nitrogens with one attached hydrogen (secondary N) is 2. The van der Waals surface area contributed by atoms with Crippen molar-refractivity contribution in [2.45, 2.75) is 36.7 Å². The van der Waals surface area contributed by atoms with Crippen molar-refractivity contribution >= 4 is 43.2 Å². The van der Waals surface area contributed by atoms with Gasteiger partial charge in [0.2, 0.25) is 10.0 Å². The molecule has 10 nitrogen and oxygen atoms in total. The number of fused-ring (bicyclic) bond motifs is 2. The molecule has 13 heteroatoms. The maximum absolute atomic E-state index is 13.6. The van der Waals surface area contributed by atoms with E-state index in [1.54, 1.807) is 17.0 Å². The van der Waals surface area contributed by atoms with E-state index in [-0.39, 0.29) is 51.9 Å². The molecule has 0 saturated heterocycles. The molecule has 1 fully saturated rings. The van der Waals surface area contributed by atoms with E-state index in [9.17, 15) is 31.1 Å². The van der Waals surface area contributed by atoms with Crippen molar-refractivity contribution in [2.75, 3.05) is 16.3 Å². The van der Waals surface area contributed by atoms with Gasteiger partial charge in [-0.2, -0.15) is 8.42 Å². The van der Waals surface area contributed by atoms with E-state index in [1.807, 2.05) is 0 Å². The van der Waals surface area contributed by atoms with E-state index >= 15 is 0 Å². The number of sulfonamides is 2. The molecule has 0 radical (unpaired) electrons. The standard InChI is InChI=1S/C23H23FN4O6S2/c1-35(31,32)26-15-9-10-17-19(11-15)36(33,34)27-22(25-17)20-21(29)16-3-2-4-18(16)28(23(20)30)12-13-5-7-14(24)8-6-13/h5-11,16,18,26,29H,2-4,12H2,1H3,(H,25,27)/t16-,18?/m1/s1. The molecule has 1 saturated carbocycles. The minimum atomic E-state index is -4.34. The summed E-state index contributed by atoms with van der Waals surface area (Å²) in [5, 5.41) is 13.9. The Labute approximate surface area is 207 Å². The van der Waals surface area contributed by atoms with Crippen LogP contribution in [0.3, 0.4) is 0 Å². The van der Waals surface area contributed by atoms with Gasteiger partial charge in [-0.05, 0) is 48.7 Å². The Kier molecular flexibility index (Phi) is 5.79. The molecule has 0 spiro atoms. The summed E-state index contributed by atoms with van der Waals surface area (Å²) in [6, 6.07) is 9.33. The first-order valence-corrected chi connectivity index (χ1v) is 14.5. The predicted molar refractivity (Wildman–Crippen MR) is 131 cm³/mol. The number of halogens is 1. The fourth-order valence-corrected chi connectivity index (χ4v) is 6.67. The zero-order chi connectivity index (χ0) is 25.8.